The normalized spacial score (nSPS) is 29.0. The van der Waals surface area contributed by atoms with Crippen LogP contribution in [0.3, 0.4) is 0 Å². The average molecular weight is 315 g/mol. The molecule has 0 radical (unpaired) electrons. The number of amides is 1. The summed E-state index contributed by atoms with van der Waals surface area (Å²) in [6.07, 6.45) is -0.832. The number of esters is 1. The molecule has 2 aliphatic rings. The largest absolute Gasteiger partial charge is 0.477 e. The van der Waals surface area contributed by atoms with Gasteiger partial charge in [0.25, 0.3) is 0 Å². The Morgan fingerprint density at radius 3 is 2.57 bits per heavy atom. The number of rotatable bonds is 5. The molecule has 116 valence electrons. The van der Waals surface area contributed by atoms with Gasteiger partial charge in [-0.1, -0.05) is 6.92 Å². The van der Waals surface area contributed by atoms with Gasteiger partial charge in [-0.3, -0.25) is 9.59 Å². The zero-order chi connectivity index (χ0) is 15.9. The van der Waals surface area contributed by atoms with Gasteiger partial charge in [0.15, 0.2) is 0 Å². The molecule has 8 heteroatoms. The van der Waals surface area contributed by atoms with Crippen molar-refractivity contribution in [1.29, 1.82) is 0 Å². The summed E-state index contributed by atoms with van der Waals surface area (Å²) in [7, 11) is 1.26. The molecule has 0 unspecified atom stereocenters. The van der Waals surface area contributed by atoms with Crippen molar-refractivity contribution < 1.29 is 29.3 Å². The predicted octanol–water partition coefficient (Wildman–Crippen LogP) is 0.0463. The summed E-state index contributed by atoms with van der Waals surface area (Å²) in [4.78, 5) is 36.4. The van der Waals surface area contributed by atoms with E-state index in [9.17, 15) is 24.6 Å². The number of carboxylic acids is 1. The third-order valence-corrected chi connectivity index (χ3v) is 5.14. The third-order valence-electron chi connectivity index (χ3n) is 3.88. The molecule has 0 aromatic carbocycles. The van der Waals surface area contributed by atoms with Crippen LogP contribution in [0.15, 0.2) is 10.6 Å². The SMILES string of the molecule is COC(=O)CSC1=C(C(=O)O)N2C(=O)[C@H]([C@@H](C)O)[C@H]2[C@H]1C. The zero-order valence-electron chi connectivity index (χ0n) is 11.9. The first-order valence-electron chi connectivity index (χ1n) is 6.49. The molecule has 7 nitrogen and oxygen atoms in total. The summed E-state index contributed by atoms with van der Waals surface area (Å²) in [6, 6.07) is -0.358. The number of aliphatic hydroxyl groups excluding tert-OH is 1. The maximum atomic E-state index is 12.1. The van der Waals surface area contributed by atoms with Gasteiger partial charge in [0.2, 0.25) is 5.91 Å². The Kier molecular flexibility index (Phi) is 4.29. The van der Waals surface area contributed by atoms with Gasteiger partial charge in [-0.25, -0.2) is 4.79 Å². The van der Waals surface area contributed by atoms with Crippen LogP contribution in [-0.2, 0) is 19.1 Å². The van der Waals surface area contributed by atoms with Gasteiger partial charge in [0.1, 0.15) is 5.70 Å². The average Bonchev–Trinajstić information content (AvgIpc) is 2.65. The molecule has 2 aliphatic heterocycles. The van der Waals surface area contributed by atoms with E-state index in [1.807, 2.05) is 0 Å². The number of β-lactam (4-membered cyclic amide) rings is 1. The van der Waals surface area contributed by atoms with E-state index in [1.54, 1.807) is 6.92 Å². The first kappa shape index (κ1) is 15.8. The molecular formula is C13H17NO6S. The van der Waals surface area contributed by atoms with E-state index in [1.165, 1.54) is 18.9 Å². The molecule has 0 aromatic rings. The van der Waals surface area contributed by atoms with E-state index in [0.29, 0.717) is 4.91 Å². The molecule has 0 aliphatic carbocycles. The number of nitrogens with zero attached hydrogens (tertiary/aromatic N) is 1. The fourth-order valence-corrected chi connectivity index (χ4v) is 4.03. The first-order valence-corrected chi connectivity index (χ1v) is 7.48. The number of carboxylic acid groups (broad SMARTS) is 1. The van der Waals surface area contributed by atoms with Crippen molar-refractivity contribution >= 4 is 29.6 Å². The number of fused-ring (bicyclic) bond motifs is 1. The van der Waals surface area contributed by atoms with E-state index >= 15 is 0 Å². The molecule has 0 aromatic heterocycles. The van der Waals surface area contributed by atoms with Crippen LogP contribution in [-0.4, -0.2) is 58.0 Å². The standard InChI is InChI=1S/C13H17NO6S/c1-5-9-8(6(2)15)12(17)14(9)10(13(18)19)11(5)21-4-7(16)20-3/h5-6,8-9,15H,4H2,1-3H3,(H,18,19)/t5-,6-,8-,9-/m1/s1. The van der Waals surface area contributed by atoms with Gasteiger partial charge in [-0.15, -0.1) is 11.8 Å². The van der Waals surface area contributed by atoms with E-state index in [2.05, 4.69) is 4.74 Å². The van der Waals surface area contributed by atoms with Crippen LogP contribution < -0.4 is 0 Å². The highest BCUT2D eigenvalue weighted by atomic mass is 32.2. The lowest BCUT2D eigenvalue weighted by Gasteiger charge is -2.46. The Bertz CT molecular complexity index is 529. The highest BCUT2D eigenvalue weighted by molar-refractivity contribution is 8.03. The number of carbonyl (C=O) groups excluding carboxylic acids is 2. The monoisotopic (exact) mass is 315 g/mol. The van der Waals surface area contributed by atoms with Crippen LogP contribution in [0.5, 0.6) is 0 Å². The van der Waals surface area contributed by atoms with Crippen molar-refractivity contribution in [3.63, 3.8) is 0 Å². The summed E-state index contributed by atoms with van der Waals surface area (Å²) in [5.41, 5.74) is -0.0803. The Balaban J connectivity index is 2.28. The van der Waals surface area contributed by atoms with Crippen LogP contribution in [0.4, 0.5) is 0 Å². The molecular weight excluding hydrogens is 298 g/mol. The number of hydrogen-bond acceptors (Lipinski definition) is 6. The van der Waals surface area contributed by atoms with Crippen LogP contribution >= 0.6 is 11.8 Å². The quantitative estimate of drug-likeness (QED) is 0.545. The van der Waals surface area contributed by atoms with Crippen molar-refractivity contribution in [2.45, 2.75) is 26.0 Å². The summed E-state index contributed by atoms with van der Waals surface area (Å²) in [5.74, 6) is -2.88. The second kappa shape index (κ2) is 5.69. The fraction of sp³-hybridized carbons (Fsp3) is 0.615. The molecule has 2 heterocycles. The minimum absolute atomic E-state index is 0.0128. The van der Waals surface area contributed by atoms with Crippen molar-refractivity contribution in [3.8, 4) is 0 Å². The summed E-state index contributed by atoms with van der Waals surface area (Å²) < 4.78 is 4.54. The van der Waals surface area contributed by atoms with E-state index in [-0.39, 0.29) is 29.3 Å². The molecule has 1 amide bonds. The fourth-order valence-electron chi connectivity index (χ4n) is 2.91. The van der Waals surface area contributed by atoms with E-state index in [4.69, 9.17) is 0 Å². The third kappa shape index (κ3) is 2.42. The van der Waals surface area contributed by atoms with Gasteiger partial charge in [0, 0.05) is 10.8 Å². The Labute approximate surface area is 125 Å². The number of aliphatic carboxylic acids is 1. The topological polar surface area (TPSA) is 104 Å². The van der Waals surface area contributed by atoms with Crippen LogP contribution in [0.25, 0.3) is 0 Å². The minimum Gasteiger partial charge on any atom is -0.477 e. The maximum Gasteiger partial charge on any atom is 0.353 e. The van der Waals surface area contributed by atoms with Gasteiger partial charge in [-0.2, -0.15) is 0 Å². The minimum atomic E-state index is -1.20. The van der Waals surface area contributed by atoms with Crippen molar-refractivity contribution in [3.05, 3.63) is 10.6 Å². The van der Waals surface area contributed by atoms with Crippen molar-refractivity contribution in [2.24, 2.45) is 11.8 Å². The van der Waals surface area contributed by atoms with Crippen molar-refractivity contribution in [2.75, 3.05) is 12.9 Å². The van der Waals surface area contributed by atoms with E-state index < -0.39 is 24.0 Å². The molecule has 4 atom stereocenters. The lowest BCUT2D eigenvalue weighted by molar-refractivity contribution is -0.163. The number of thioether (sulfide) groups is 1. The molecule has 1 saturated heterocycles. The lowest BCUT2D eigenvalue weighted by atomic mass is 9.79. The van der Waals surface area contributed by atoms with Crippen LogP contribution in [0, 0.1) is 11.8 Å². The predicted molar refractivity (Wildman–Crippen MR) is 74.1 cm³/mol. The highest BCUT2D eigenvalue weighted by Gasteiger charge is 2.59. The number of hydrogen-bond donors (Lipinski definition) is 2. The zero-order valence-corrected chi connectivity index (χ0v) is 12.7. The van der Waals surface area contributed by atoms with Crippen LogP contribution in [0.2, 0.25) is 0 Å². The Morgan fingerprint density at radius 2 is 2.10 bits per heavy atom. The van der Waals surface area contributed by atoms with E-state index in [0.717, 1.165) is 11.8 Å². The molecule has 2 N–H and O–H groups in total. The summed E-state index contributed by atoms with van der Waals surface area (Å²) in [6.45, 7) is 3.32. The summed E-state index contributed by atoms with van der Waals surface area (Å²) in [5, 5.41) is 19.0. The van der Waals surface area contributed by atoms with Crippen molar-refractivity contribution in [1.82, 2.24) is 4.90 Å². The molecule has 21 heavy (non-hydrogen) atoms. The highest BCUT2D eigenvalue weighted by Crippen LogP contribution is 2.50. The van der Waals surface area contributed by atoms with Gasteiger partial charge in [0.05, 0.1) is 30.9 Å². The first-order chi connectivity index (χ1) is 9.81. The Morgan fingerprint density at radius 1 is 1.48 bits per heavy atom. The lowest BCUT2D eigenvalue weighted by Crippen LogP contribution is -2.63. The van der Waals surface area contributed by atoms with Gasteiger partial charge in [-0.05, 0) is 6.92 Å². The summed E-state index contributed by atoms with van der Waals surface area (Å²) >= 11 is 1.07. The number of ether oxygens (including phenoxy) is 1. The smallest absolute Gasteiger partial charge is 0.353 e. The number of methoxy groups -OCH3 is 1. The number of aliphatic hydroxyl groups is 1. The Hall–Kier alpha value is -1.54. The molecule has 0 bridgehead atoms. The maximum absolute atomic E-state index is 12.1. The molecule has 2 rings (SSSR count). The molecule has 0 spiro atoms. The van der Waals surface area contributed by atoms with Crippen LogP contribution in [0.1, 0.15) is 13.8 Å². The second-order valence-corrected chi connectivity index (χ2v) is 6.15. The molecule has 1 fully saturated rings. The van der Waals surface area contributed by atoms with Gasteiger partial charge >= 0.3 is 11.9 Å². The molecule has 0 saturated carbocycles. The second-order valence-electron chi connectivity index (χ2n) is 5.14. The van der Waals surface area contributed by atoms with Gasteiger partial charge < -0.3 is 19.8 Å². The number of carbonyl (C=O) groups is 3.